The summed E-state index contributed by atoms with van der Waals surface area (Å²) in [5.74, 6) is 2.10. The Kier molecular flexibility index (Phi) is 10.2. The number of benzene rings is 6. The van der Waals surface area contributed by atoms with Crippen LogP contribution in [0.25, 0.3) is 27.6 Å². The summed E-state index contributed by atoms with van der Waals surface area (Å²) in [6.07, 6.45) is 6.06. The fourth-order valence-electron chi connectivity index (χ4n) is 8.82. The third-order valence-electron chi connectivity index (χ3n) is 12.3. The van der Waals surface area contributed by atoms with Gasteiger partial charge in [0.15, 0.2) is 0 Å². The van der Waals surface area contributed by atoms with Crippen molar-refractivity contribution in [2.75, 3.05) is 14.7 Å². The van der Waals surface area contributed by atoms with Gasteiger partial charge in [0.05, 0.1) is 11.4 Å². The van der Waals surface area contributed by atoms with Gasteiger partial charge in [-0.15, -0.1) is 53.6 Å². The van der Waals surface area contributed by atoms with Crippen molar-refractivity contribution in [3.8, 4) is 17.3 Å². The number of fused-ring (bicyclic) bond motifs is 5. The van der Waals surface area contributed by atoms with Crippen molar-refractivity contribution >= 4 is 50.2 Å². The smallest absolute Gasteiger partial charge is 0.135 e. The number of ether oxygens (including phenoxy) is 1. The van der Waals surface area contributed by atoms with E-state index in [4.69, 9.17) is 9.72 Å². The van der Waals surface area contributed by atoms with Gasteiger partial charge in [0.1, 0.15) is 5.82 Å². The Morgan fingerprint density at radius 2 is 1.23 bits per heavy atom. The normalized spacial score (nSPS) is 14.5. The number of anilines is 5. The molecule has 6 nitrogen and oxygen atoms in total. The molecular formula is C55H50N5OPt-3. The molecule has 314 valence electrons. The first kappa shape index (κ1) is 41.3. The average Bonchev–Trinajstić information content (AvgIpc) is 3.87. The van der Waals surface area contributed by atoms with Gasteiger partial charge in [0.25, 0.3) is 0 Å². The van der Waals surface area contributed by atoms with Crippen LogP contribution in [0.3, 0.4) is 0 Å². The van der Waals surface area contributed by atoms with E-state index in [0.717, 1.165) is 50.2 Å². The first-order chi connectivity index (χ1) is 29.2. The van der Waals surface area contributed by atoms with Crippen LogP contribution < -0.4 is 19.4 Å². The van der Waals surface area contributed by atoms with E-state index in [0.29, 0.717) is 11.5 Å². The van der Waals surface area contributed by atoms with Gasteiger partial charge in [-0.1, -0.05) is 116 Å². The van der Waals surface area contributed by atoms with Gasteiger partial charge >= 0.3 is 0 Å². The molecule has 0 radical (unpaired) electrons. The largest absolute Gasteiger partial charge is 0.509 e. The summed E-state index contributed by atoms with van der Waals surface area (Å²) in [5.41, 5.74) is 12.3. The molecule has 0 aliphatic carbocycles. The van der Waals surface area contributed by atoms with Gasteiger partial charge in [-0.05, 0) is 99.9 Å². The monoisotopic (exact) mass is 991 g/mol. The van der Waals surface area contributed by atoms with Crippen molar-refractivity contribution in [2.24, 2.45) is 0 Å². The van der Waals surface area contributed by atoms with Gasteiger partial charge < -0.3 is 24.0 Å². The van der Waals surface area contributed by atoms with E-state index in [-0.39, 0.29) is 37.3 Å². The summed E-state index contributed by atoms with van der Waals surface area (Å²) in [6.45, 7) is 20.1. The molecule has 2 aliphatic rings. The molecule has 10 rings (SSSR count). The van der Waals surface area contributed by atoms with Gasteiger partial charge in [-0.2, -0.15) is 6.07 Å². The minimum absolute atomic E-state index is 0. The van der Waals surface area contributed by atoms with E-state index in [1.54, 1.807) is 0 Å². The average molecular weight is 992 g/mol. The summed E-state index contributed by atoms with van der Waals surface area (Å²) in [5, 5.41) is 2.24. The van der Waals surface area contributed by atoms with Crippen molar-refractivity contribution < 1.29 is 25.8 Å². The summed E-state index contributed by atoms with van der Waals surface area (Å²) in [6, 6.07) is 54.8. The molecule has 7 heteroatoms. The van der Waals surface area contributed by atoms with Crippen LogP contribution in [0.1, 0.15) is 77.6 Å². The summed E-state index contributed by atoms with van der Waals surface area (Å²) < 4.78 is 8.90. The molecule has 0 bridgehead atoms. The third-order valence-corrected chi connectivity index (χ3v) is 12.3. The number of hydrogen-bond donors (Lipinski definition) is 0. The van der Waals surface area contributed by atoms with E-state index < -0.39 is 0 Å². The number of para-hydroxylation sites is 3. The maximum atomic E-state index is 6.70. The second-order valence-corrected chi connectivity index (χ2v) is 18.8. The molecule has 8 aromatic rings. The van der Waals surface area contributed by atoms with Crippen molar-refractivity contribution in [1.82, 2.24) is 9.55 Å². The fourth-order valence-corrected chi connectivity index (χ4v) is 8.82. The predicted molar refractivity (Wildman–Crippen MR) is 252 cm³/mol. The minimum Gasteiger partial charge on any atom is -0.509 e. The molecule has 0 atom stereocenters. The Balaban J connectivity index is 0.00000490. The van der Waals surface area contributed by atoms with E-state index in [2.05, 4.69) is 233 Å². The number of rotatable bonds is 6. The van der Waals surface area contributed by atoms with Crippen LogP contribution in [-0.4, -0.2) is 9.55 Å². The maximum Gasteiger partial charge on any atom is 0.135 e. The van der Waals surface area contributed by atoms with E-state index in [1.165, 1.54) is 28.1 Å². The molecule has 0 unspecified atom stereocenters. The second-order valence-electron chi connectivity index (χ2n) is 18.8. The standard InChI is InChI=1S/C55H50N5O.Pt/c1-53(2,3)37-27-28-56-52(33-37)60-48-18-12-9-15-44(48)45-26-25-42(35-51(45)60)61-43-32-38(54(4,5)6)31-41(34-43)58-30-29-57(36-58)39-21-23-40(24-22-39)59-49-19-13-10-16-46(49)55(7,8)47-17-11-14-20-50(47)59;/h9-33,36H,1-8H3;/q-3;. The van der Waals surface area contributed by atoms with Crippen molar-refractivity contribution in [3.63, 3.8) is 0 Å². The summed E-state index contributed by atoms with van der Waals surface area (Å²) in [7, 11) is 0. The Labute approximate surface area is 380 Å². The molecule has 0 amide bonds. The van der Waals surface area contributed by atoms with Crippen LogP contribution in [0.2, 0.25) is 0 Å². The molecule has 0 fully saturated rings. The topological polar surface area (TPSA) is 36.8 Å². The Morgan fingerprint density at radius 1 is 0.597 bits per heavy atom. The third kappa shape index (κ3) is 7.18. The van der Waals surface area contributed by atoms with Crippen LogP contribution in [-0.2, 0) is 37.3 Å². The van der Waals surface area contributed by atoms with E-state index in [1.807, 2.05) is 12.3 Å². The zero-order valence-corrected chi connectivity index (χ0v) is 38.7. The van der Waals surface area contributed by atoms with Crippen molar-refractivity contribution in [2.45, 2.75) is 71.6 Å². The van der Waals surface area contributed by atoms with Crippen LogP contribution >= 0.6 is 0 Å². The van der Waals surface area contributed by atoms with Gasteiger partial charge in [0.2, 0.25) is 0 Å². The molecule has 4 heterocycles. The zero-order valence-electron chi connectivity index (χ0n) is 36.5. The predicted octanol–water partition coefficient (Wildman–Crippen LogP) is 14.2. The van der Waals surface area contributed by atoms with Crippen LogP contribution in [0, 0.1) is 18.8 Å². The molecule has 2 aromatic heterocycles. The Morgan fingerprint density at radius 3 is 1.92 bits per heavy atom. The van der Waals surface area contributed by atoms with Crippen LogP contribution in [0.5, 0.6) is 11.5 Å². The molecule has 0 N–H and O–H groups in total. The fraction of sp³-hybridized carbons (Fsp3) is 0.200. The maximum absolute atomic E-state index is 6.70. The Bertz CT molecular complexity index is 2950. The van der Waals surface area contributed by atoms with Crippen molar-refractivity contribution in [1.29, 1.82) is 0 Å². The van der Waals surface area contributed by atoms with E-state index in [9.17, 15) is 0 Å². The molecular weight excluding hydrogens is 942 g/mol. The zero-order chi connectivity index (χ0) is 42.3. The molecule has 0 saturated carbocycles. The van der Waals surface area contributed by atoms with Crippen LogP contribution in [0.15, 0.2) is 152 Å². The molecule has 0 saturated heterocycles. The van der Waals surface area contributed by atoms with Crippen LogP contribution in [0.4, 0.5) is 28.4 Å². The summed E-state index contributed by atoms with van der Waals surface area (Å²) >= 11 is 0. The molecule has 6 aromatic carbocycles. The number of aromatic nitrogens is 2. The number of pyridine rings is 1. The first-order valence-corrected chi connectivity index (χ1v) is 21.1. The van der Waals surface area contributed by atoms with Crippen molar-refractivity contribution in [3.05, 3.63) is 193 Å². The number of hydrogen-bond acceptors (Lipinski definition) is 5. The van der Waals surface area contributed by atoms with Gasteiger partial charge in [-0.3, -0.25) is 0 Å². The van der Waals surface area contributed by atoms with E-state index >= 15 is 0 Å². The molecule has 2 aliphatic heterocycles. The quantitative estimate of drug-likeness (QED) is 0.155. The van der Waals surface area contributed by atoms with Gasteiger partial charge in [-0.25, -0.2) is 4.98 Å². The molecule has 62 heavy (non-hydrogen) atoms. The van der Waals surface area contributed by atoms with Gasteiger partial charge in [0, 0.05) is 61.1 Å². The Hall–Kier alpha value is -6.10. The summed E-state index contributed by atoms with van der Waals surface area (Å²) in [4.78, 5) is 11.5. The first-order valence-electron chi connectivity index (χ1n) is 21.1. The second kappa shape index (κ2) is 15.4. The molecule has 0 spiro atoms. The number of nitrogens with zero attached hydrogens (tertiary/aromatic N) is 5. The minimum atomic E-state index is -0.133. The SMILES string of the molecule is CC(C)(C)c1cc(Oc2[c-]c3c(cc2)c2ccccc2n3-c2cc(C(C)(C)C)ccn2)[c-]c(N2C=CN(c3ccc(N4c5ccccc5C(C)(C)c5ccccc54)cc3)[CH-]2)c1.[Pt].